The van der Waals surface area contributed by atoms with Crippen molar-refractivity contribution < 1.29 is 9.21 Å². The molecule has 0 fully saturated rings. The van der Waals surface area contributed by atoms with E-state index in [-0.39, 0.29) is 11.7 Å². The number of aryl methyl sites for hydroxylation is 2. The van der Waals surface area contributed by atoms with Gasteiger partial charge >= 0.3 is 0 Å². The van der Waals surface area contributed by atoms with Gasteiger partial charge in [-0.2, -0.15) is 0 Å². The predicted octanol–water partition coefficient (Wildman–Crippen LogP) is 4.33. The number of hydrogen-bond donors (Lipinski definition) is 1. The second kappa shape index (κ2) is 7.99. The van der Waals surface area contributed by atoms with Crippen molar-refractivity contribution in [2.24, 2.45) is 0 Å². The van der Waals surface area contributed by atoms with Gasteiger partial charge in [0.1, 0.15) is 0 Å². The van der Waals surface area contributed by atoms with Gasteiger partial charge in [-0.1, -0.05) is 30.0 Å². The molecule has 3 heterocycles. The largest absolute Gasteiger partial charge is 0.461 e. The van der Waals surface area contributed by atoms with Crippen molar-refractivity contribution in [1.82, 2.24) is 19.7 Å². The van der Waals surface area contributed by atoms with Gasteiger partial charge < -0.3 is 9.73 Å². The summed E-state index contributed by atoms with van der Waals surface area (Å²) in [5.74, 6) is 1.26. The number of nitrogens with zero attached hydrogens (tertiary/aromatic N) is 4. The number of amides is 1. The molecule has 0 aliphatic carbocycles. The van der Waals surface area contributed by atoms with E-state index in [0.29, 0.717) is 21.9 Å². The highest BCUT2D eigenvalue weighted by atomic mass is 32.2. The molecule has 0 aliphatic rings. The van der Waals surface area contributed by atoms with Gasteiger partial charge in [0, 0.05) is 10.6 Å². The fraction of sp³-hybridized carbons (Fsp3) is 0.158. The Labute approximate surface area is 169 Å². The van der Waals surface area contributed by atoms with Crippen LogP contribution in [0.5, 0.6) is 0 Å². The smallest absolute Gasteiger partial charge is 0.236 e. The third-order valence-corrected chi connectivity index (χ3v) is 5.91. The fourth-order valence-corrected chi connectivity index (χ4v) is 4.13. The lowest BCUT2D eigenvalue weighted by atomic mass is 10.3. The number of furan rings is 1. The van der Waals surface area contributed by atoms with E-state index in [4.69, 9.17) is 4.42 Å². The van der Waals surface area contributed by atoms with Crippen LogP contribution in [0.15, 0.2) is 58.3 Å². The van der Waals surface area contributed by atoms with E-state index in [1.807, 2.05) is 54.8 Å². The van der Waals surface area contributed by atoms with Crippen molar-refractivity contribution in [3.8, 4) is 17.3 Å². The minimum atomic E-state index is -0.138. The molecule has 4 rings (SSSR count). The number of hydrogen-bond acceptors (Lipinski definition) is 7. The van der Waals surface area contributed by atoms with E-state index in [2.05, 4.69) is 20.5 Å². The normalized spacial score (nSPS) is 10.9. The zero-order valence-electron chi connectivity index (χ0n) is 15.2. The van der Waals surface area contributed by atoms with Gasteiger partial charge in [-0.15, -0.1) is 21.5 Å². The maximum atomic E-state index is 12.3. The van der Waals surface area contributed by atoms with Crippen LogP contribution in [0.1, 0.15) is 10.6 Å². The first-order chi connectivity index (χ1) is 13.6. The molecular formula is C19H17N5O2S2. The number of carbonyl (C=O) groups excluding carboxylic acids is 1. The van der Waals surface area contributed by atoms with E-state index in [9.17, 15) is 4.79 Å². The molecule has 1 amide bonds. The van der Waals surface area contributed by atoms with Gasteiger partial charge in [-0.3, -0.25) is 9.36 Å². The number of thioether (sulfide) groups is 1. The summed E-state index contributed by atoms with van der Waals surface area (Å²) in [5.41, 5.74) is 1.83. The summed E-state index contributed by atoms with van der Waals surface area (Å²) in [7, 11) is 0. The molecule has 1 aromatic carbocycles. The van der Waals surface area contributed by atoms with E-state index < -0.39 is 0 Å². The Balaban J connectivity index is 1.55. The molecule has 0 radical (unpaired) electrons. The van der Waals surface area contributed by atoms with E-state index >= 15 is 0 Å². The van der Waals surface area contributed by atoms with Crippen LogP contribution in [0.3, 0.4) is 0 Å². The molecule has 0 saturated heterocycles. The molecule has 0 aliphatic heterocycles. The standard InChI is InChI=1S/C19H17N5O2S2/c1-12-13(2)28-18(20-12)21-16(25)11-27-19-23-22-17(15-9-6-10-26-15)24(19)14-7-4-3-5-8-14/h3-10H,11H2,1-2H3,(H,20,21,25). The first-order valence-electron chi connectivity index (χ1n) is 8.53. The number of carbonyl (C=O) groups is 1. The van der Waals surface area contributed by atoms with Crippen molar-refractivity contribution in [1.29, 1.82) is 0 Å². The molecular weight excluding hydrogens is 394 g/mol. The minimum absolute atomic E-state index is 0.138. The van der Waals surface area contributed by atoms with Gasteiger partial charge in [0.25, 0.3) is 0 Å². The second-order valence-corrected chi connectivity index (χ2v) is 8.10. The molecule has 1 N–H and O–H groups in total. The Kier molecular flexibility index (Phi) is 5.27. The summed E-state index contributed by atoms with van der Waals surface area (Å²) < 4.78 is 7.38. The molecule has 28 heavy (non-hydrogen) atoms. The third kappa shape index (κ3) is 3.85. The summed E-state index contributed by atoms with van der Waals surface area (Å²) in [6.45, 7) is 3.91. The molecule has 0 unspecified atom stereocenters. The average molecular weight is 412 g/mol. The van der Waals surface area contributed by atoms with Crippen LogP contribution in [-0.4, -0.2) is 31.4 Å². The van der Waals surface area contributed by atoms with Crippen LogP contribution in [0.2, 0.25) is 0 Å². The zero-order valence-corrected chi connectivity index (χ0v) is 16.9. The van der Waals surface area contributed by atoms with Crippen molar-refractivity contribution in [3.05, 3.63) is 59.3 Å². The van der Waals surface area contributed by atoms with Crippen LogP contribution in [-0.2, 0) is 4.79 Å². The molecule has 0 atom stereocenters. The summed E-state index contributed by atoms with van der Waals surface area (Å²) in [5, 5.41) is 12.6. The highest BCUT2D eigenvalue weighted by Crippen LogP contribution is 2.28. The number of rotatable bonds is 6. The average Bonchev–Trinajstić information content (AvgIpc) is 3.41. The lowest BCUT2D eigenvalue weighted by molar-refractivity contribution is -0.113. The Bertz CT molecular complexity index is 1070. The van der Waals surface area contributed by atoms with Crippen molar-refractivity contribution >= 4 is 34.1 Å². The molecule has 0 bridgehead atoms. The van der Waals surface area contributed by atoms with Gasteiger partial charge in [0.15, 0.2) is 16.0 Å². The number of para-hydroxylation sites is 1. The molecule has 4 aromatic rings. The third-order valence-electron chi connectivity index (χ3n) is 4.00. The Morgan fingerprint density at radius 3 is 2.68 bits per heavy atom. The Morgan fingerprint density at radius 2 is 2.00 bits per heavy atom. The monoisotopic (exact) mass is 411 g/mol. The number of benzene rings is 1. The maximum absolute atomic E-state index is 12.3. The van der Waals surface area contributed by atoms with Gasteiger partial charge in [-0.05, 0) is 38.1 Å². The van der Waals surface area contributed by atoms with E-state index in [1.165, 1.54) is 23.1 Å². The van der Waals surface area contributed by atoms with Crippen LogP contribution in [0, 0.1) is 13.8 Å². The number of aromatic nitrogens is 4. The van der Waals surface area contributed by atoms with Crippen LogP contribution < -0.4 is 5.32 Å². The van der Waals surface area contributed by atoms with Crippen LogP contribution in [0.4, 0.5) is 5.13 Å². The van der Waals surface area contributed by atoms with Crippen LogP contribution in [0.25, 0.3) is 17.3 Å². The number of anilines is 1. The molecule has 142 valence electrons. The molecule has 0 spiro atoms. The summed E-state index contributed by atoms with van der Waals surface area (Å²) in [6, 6.07) is 13.4. The van der Waals surface area contributed by atoms with Gasteiger partial charge in [0.2, 0.25) is 11.7 Å². The molecule has 0 saturated carbocycles. The van der Waals surface area contributed by atoms with Gasteiger partial charge in [0.05, 0.1) is 17.7 Å². The summed E-state index contributed by atoms with van der Waals surface area (Å²) in [4.78, 5) is 17.8. The zero-order chi connectivity index (χ0) is 19.5. The number of nitrogens with one attached hydrogen (secondary N) is 1. The maximum Gasteiger partial charge on any atom is 0.236 e. The number of thiazole rings is 1. The lowest BCUT2D eigenvalue weighted by Crippen LogP contribution is -2.14. The Morgan fingerprint density at radius 1 is 1.18 bits per heavy atom. The highest BCUT2D eigenvalue weighted by Gasteiger charge is 2.19. The lowest BCUT2D eigenvalue weighted by Gasteiger charge is -2.08. The predicted molar refractivity (Wildman–Crippen MR) is 110 cm³/mol. The first kappa shape index (κ1) is 18.5. The van der Waals surface area contributed by atoms with Crippen LogP contribution >= 0.6 is 23.1 Å². The Hall–Kier alpha value is -2.91. The van der Waals surface area contributed by atoms with Crippen molar-refractivity contribution in [2.45, 2.75) is 19.0 Å². The second-order valence-electron chi connectivity index (χ2n) is 5.95. The van der Waals surface area contributed by atoms with E-state index in [1.54, 1.807) is 12.3 Å². The highest BCUT2D eigenvalue weighted by molar-refractivity contribution is 7.99. The molecule has 7 nitrogen and oxygen atoms in total. The topological polar surface area (TPSA) is 85.8 Å². The van der Waals surface area contributed by atoms with Crippen molar-refractivity contribution in [3.63, 3.8) is 0 Å². The molecule has 9 heteroatoms. The summed E-state index contributed by atoms with van der Waals surface area (Å²) in [6.07, 6.45) is 1.59. The van der Waals surface area contributed by atoms with Crippen molar-refractivity contribution in [2.75, 3.05) is 11.1 Å². The fourth-order valence-electron chi connectivity index (χ4n) is 2.55. The summed E-state index contributed by atoms with van der Waals surface area (Å²) >= 11 is 2.78. The molecule has 3 aromatic heterocycles. The quantitative estimate of drug-likeness (QED) is 0.475. The van der Waals surface area contributed by atoms with E-state index in [0.717, 1.165) is 16.3 Å². The SMILES string of the molecule is Cc1nc(NC(=O)CSc2nnc(-c3ccco3)n2-c2ccccc2)sc1C. The first-order valence-corrected chi connectivity index (χ1v) is 10.3. The van der Waals surface area contributed by atoms with Gasteiger partial charge in [-0.25, -0.2) is 4.98 Å². The minimum Gasteiger partial charge on any atom is -0.461 e.